The number of anilines is 1. The highest BCUT2D eigenvalue weighted by Crippen LogP contribution is 2.24. The van der Waals surface area contributed by atoms with E-state index in [-0.39, 0.29) is 17.2 Å². The van der Waals surface area contributed by atoms with Gasteiger partial charge in [-0.3, -0.25) is 10.1 Å². The Labute approximate surface area is 129 Å². The number of aromatic nitrogens is 1. The van der Waals surface area contributed by atoms with Crippen molar-refractivity contribution in [2.24, 2.45) is 0 Å². The smallest absolute Gasteiger partial charge is 0.261 e. The Morgan fingerprint density at radius 3 is 2.84 bits per heavy atom. The van der Waals surface area contributed by atoms with Crippen molar-refractivity contribution in [3.8, 4) is 5.75 Å². The van der Waals surface area contributed by atoms with Gasteiger partial charge < -0.3 is 5.11 Å². The van der Waals surface area contributed by atoms with Gasteiger partial charge in [0.05, 0.1) is 11.3 Å². The third-order valence-electron chi connectivity index (χ3n) is 2.54. The van der Waals surface area contributed by atoms with E-state index in [9.17, 15) is 9.90 Å². The lowest BCUT2D eigenvalue weighted by Gasteiger charge is -2.05. The molecule has 2 aromatic rings. The molecule has 0 atom stereocenters. The van der Waals surface area contributed by atoms with Crippen molar-refractivity contribution in [3.05, 3.63) is 38.4 Å². The fraction of sp³-hybridized carbons (Fsp3) is 0.231. The van der Waals surface area contributed by atoms with Gasteiger partial charge in [0.25, 0.3) is 5.91 Å². The number of phenolic OH excluding ortho intramolecular Hbond substituents is 1. The van der Waals surface area contributed by atoms with E-state index >= 15 is 0 Å². The Bertz CT molecular complexity index is 610. The number of phenols is 1. The molecule has 1 aromatic carbocycles. The van der Waals surface area contributed by atoms with Crippen LogP contribution in [0.5, 0.6) is 5.75 Å². The summed E-state index contributed by atoms with van der Waals surface area (Å²) in [5, 5.41) is 14.9. The number of aromatic hydroxyl groups is 1. The molecule has 1 heterocycles. The zero-order valence-electron chi connectivity index (χ0n) is 10.5. The monoisotopic (exact) mass is 388 g/mol. The van der Waals surface area contributed by atoms with Gasteiger partial charge in [-0.05, 0) is 46.7 Å². The Kier molecular flexibility index (Phi) is 4.41. The van der Waals surface area contributed by atoms with Crippen LogP contribution in [0.2, 0.25) is 0 Å². The molecule has 100 valence electrons. The van der Waals surface area contributed by atoms with Gasteiger partial charge in [0, 0.05) is 8.95 Å². The van der Waals surface area contributed by atoms with Crippen LogP contribution in [0.3, 0.4) is 0 Å². The van der Waals surface area contributed by atoms with Crippen LogP contribution in [0, 0.1) is 3.57 Å². The second-order valence-electron chi connectivity index (χ2n) is 4.35. The van der Waals surface area contributed by atoms with Crippen LogP contribution in [0.4, 0.5) is 5.13 Å². The molecule has 0 saturated heterocycles. The molecule has 0 aliphatic rings. The molecule has 1 amide bonds. The summed E-state index contributed by atoms with van der Waals surface area (Å²) >= 11 is 3.48. The Morgan fingerprint density at radius 1 is 1.47 bits per heavy atom. The zero-order valence-corrected chi connectivity index (χ0v) is 13.4. The molecule has 0 aliphatic carbocycles. The number of carbonyl (C=O) groups excluding carboxylic acids is 1. The summed E-state index contributed by atoms with van der Waals surface area (Å²) in [6.07, 6.45) is 0. The molecule has 2 N–H and O–H groups in total. The third-order valence-corrected chi connectivity index (χ3v) is 3.98. The topological polar surface area (TPSA) is 62.2 Å². The molecule has 0 unspecified atom stereocenters. The van der Waals surface area contributed by atoms with Gasteiger partial charge in [-0.25, -0.2) is 4.98 Å². The summed E-state index contributed by atoms with van der Waals surface area (Å²) in [5.41, 5.74) is 1.21. The fourth-order valence-corrected chi connectivity index (χ4v) is 2.82. The average molecular weight is 388 g/mol. The van der Waals surface area contributed by atoms with E-state index in [1.807, 2.05) is 19.2 Å². The molecule has 6 heteroatoms. The minimum Gasteiger partial charge on any atom is -0.507 e. The summed E-state index contributed by atoms with van der Waals surface area (Å²) in [6.45, 7) is 4.10. The lowest BCUT2D eigenvalue weighted by Crippen LogP contribution is -2.12. The van der Waals surface area contributed by atoms with E-state index in [0.717, 1.165) is 9.26 Å². The number of hydrogen-bond donors (Lipinski definition) is 2. The van der Waals surface area contributed by atoms with Crippen molar-refractivity contribution in [1.82, 2.24) is 4.98 Å². The number of halogens is 1. The Morgan fingerprint density at radius 2 is 2.21 bits per heavy atom. The first-order valence-electron chi connectivity index (χ1n) is 5.72. The van der Waals surface area contributed by atoms with Crippen LogP contribution in [0.15, 0.2) is 23.6 Å². The second kappa shape index (κ2) is 5.87. The quantitative estimate of drug-likeness (QED) is 0.786. The van der Waals surface area contributed by atoms with Gasteiger partial charge in [0.15, 0.2) is 5.13 Å². The van der Waals surface area contributed by atoms with Gasteiger partial charge in [-0.15, -0.1) is 11.3 Å². The van der Waals surface area contributed by atoms with E-state index < -0.39 is 0 Å². The number of benzene rings is 1. The standard InChI is InChI=1S/C13H13IN2O2S/c1-7(2)10-6-19-13(15-10)16-12(18)9-5-8(14)3-4-11(9)17/h3-7,17H,1-2H3,(H,15,16,18). The number of rotatable bonds is 3. The van der Waals surface area contributed by atoms with Crippen LogP contribution >= 0.6 is 33.9 Å². The summed E-state index contributed by atoms with van der Waals surface area (Å²) in [4.78, 5) is 16.4. The average Bonchev–Trinajstić information content (AvgIpc) is 2.80. The van der Waals surface area contributed by atoms with Gasteiger partial charge in [0.1, 0.15) is 5.75 Å². The molecular weight excluding hydrogens is 375 g/mol. The molecule has 1 aromatic heterocycles. The predicted molar refractivity (Wildman–Crippen MR) is 85.0 cm³/mol. The number of nitrogens with one attached hydrogen (secondary N) is 1. The SMILES string of the molecule is CC(C)c1csc(NC(=O)c2cc(I)ccc2O)n1. The highest BCUT2D eigenvalue weighted by atomic mass is 127. The minimum absolute atomic E-state index is 0.0291. The van der Waals surface area contributed by atoms with Crippen molar-refractivity contribution in [2.75, 3.05) is 5.32 Å². The van der Waals surface area contributed by atoms with Crippen molar-refractivity contribution in [2.45, 2.75) is 19.8 Å². The van der Waals surface area contributed by atoms with E-state index in [1.54, 1.807) is 12.1 Å². The molecule has 0 radical (unpaired) electrons. The maximum atomic E-state index is 12.1. The normalized spacial score (nSPS) is 10.7. The van der Waals surface area contributed by atoms with Crippen LogP contribution in [-0.2, 0) is 0 Å². The van der Waals surface area contributed by atoms with Gasteiger partial charge in [-0.2, -0.15) is 0 Å². The lowest BCUT2D eigenvalue weighted by molar-refractivity contribution is 0.102. The predicted octanol–water partition coefficient (Wildman–Crippen LogP) is 3.83. The lowest BCUT2D eigenvalue weighted by atomic mass is 10.2. The third kappa shape index (κ3) is 3.44. The van der Waals surface area contributed by atoms with Crippen molar-refractivity contribution >= 4 is 45.0 Å². The summed E-state index contributed by atoms with van der Waals surface area (Å²) in [5.74, 6) is -0.0489. The van der Waals surface area contributed by atoms with E-state index in [2.05, 4.69) is 32.9 Å². The van der Waals surface area contributed by atoms with Crippen molar-refractivity contribution in [1.29, 1.82) is 0 Å². The molecule has 0 aliphatic heterocycles. The maximum Gasteiger partial charge on any atom is 0.261 e. The largest absolute Gasteiger partial charge is 0.507 e. The molecular formula is C13H13IN2O2S. The Hall–Kier alpha value is -1.15. The van der Waals surface area contributed by atoms with Crippen LogP contribution in [-0.4, -0.2) is 16.0 Å². The van der Waals surface area contributed by atoms with Gasteiger partial charge in [0.2, 0.25) is 0 Å². The summed E-state index contributed by atoms with van der Waals surface area (Å²) in [6, 6.07) is 4.90. The molecule has 19 heavy (non-hydrogen) atoms. The molecule has 0 bridgehead atoms. The second-order valence-corrected chi connectivity index (χ2v) is 6.45. The minimum atomic E-state index is -0.347. The number of amides is 1. The fourth-order valence-electron chi connectivity index (χ4n) is 1.46. The van der Waals surface area contributed by atoms with E-state index in [1.165, 1.54) is 17.4 Å². The number of hydrogen-bond acceptors (Lipinski definition) is 4. The number of thiazole rings is 1. The van der Waals surface area contributed by atoms with Crippen LogP contribution in [0.25, 0.3) is 0 Å². The molecule has 2 rings (SSSR count). The first-order chi connectivity index (χ1) is 8.97. The van der Waals surface area contributed by atoms with E-state index in [0.29, 0.717) is 11.0 Å². The first-order valence-corrected chi connectivity index (χ1v) is 7.68. The Balaban J connectivity index is 2.18. The van der Waals surface area contributed by atoms with Crippen molar-refractivity contribution in [3.63, 3.8) is 0 Å². The highest BCUT2D eigenvalue weighted by molar-refractivity contribution is 14.1. The summed E-state index contributed by atoms with van der Waals surface area (Å²) in [7, 11) is 0. The first kappa shape index (κ1) is 14.3. The molecule has 0 saturated carbocycles. The number of nitrogens with zero attached hydrogens (tertiary/aromatic N) is 1. The van der Waals surface area contributed by atoms with Crippen LogP contribution < -0.4 is 5.32 Å². The van der Waals surface area contributed by atoms with Gasteiger partial charge >= 0.3 is 0 Å². The summed E-state index contributed by atoms with van der Waals surface area (Å²) < 4.78 is 0.891. The van der Waals surface area contributed by atoms with E-state index in [4.69, 9.17) is 0 Å². The zero-order chi connectivity index (χ0) is 14.0. The maximum absolute atomic E-state index is 12.1. The molecule has 0 fully saturated rings. The number of carbonyl (C=O) groups is 1. The highest BCUT2D eigenvalue weighted by Gasteiger charge is 2.14. The van der Waals surface area contributed by atoms with Gasteiger partial charge in [-0.1, -0.05) is 13.8 Å². The molecule has 0 spiro atoms. The van der Waals surface area contributed by atoms with Crippen LogP contribution in [0.1, 0.15) is 35.8 Å². The molecule has 4 nitrogen and oxygen atoms in total. The van der Waals surface area contributed by atoms with Crippen molar-refractivity contribution < 1.29 is 9.90 Å².